The van der Waals surface area contributed by atoms with E-state index in [0.717, 1.165) is 3.57 Å². The third-order valence-corrected chi connectivity index (χ3v) is 2.95. The summed E-state index contributed by atoms with van der Waals surface area (Å²) in [5.41, 5.74) is 0.380. The van der Waals surface area contributed by atoms with Crippen LogP contribution < -0.4 is 5.32 Å². The van der Waals surface area contributed by atoms with Gasteiger partial charge in [0.05, 0.1) is 5.56 Å². The van der Waals surface area contributed by atoms with Crippen molar-refractivity contribution in [2.24, 2.45) is 0 Å². The van der Waals surface area contributed by atoms with E-state index < -0.39 is 17.5 Å². The van der Waals surface area contributed by atoms with E-state index >= 15 is 0 Å². The lowest BCUT2D eigenvalue weighted by Gasteiger charge is -2.06. The summed E-state index contributed by atoms with van der Waals surface area (Å²) in [6.07, 6.45) is 0. The quantitative estimate of drug-likeness (QED) is 0.812. The van der Waals surface area contributed by atoms with Crippen LogP contribution in [0.5, 0.6) is 0 Å². The highest BCUT2D eigenvalue weighted by atomic mass is 127. The molecule has 2 nitrogen and oxygen atoms in total. The Morgan fingerprint density at radius 1 is 1.06 bits per heavy atom. The first-order valence-electron chi connectivity index (χ1n) is 5.08. The van der Waals surface area contributed by atoms with Crippen molar-refractivity contribution in [3.05, 3.63) is 63.2 Å². The summed E-state index contributed by atoms with van der Waals surface area (Å²) in [5, 5.41) is 2.50. The smallest absolute Gasteiger partial charge is 0.258 e. The predicted molar refractivity (Wildman–Crippen MR) is 73.5 cm³/mol. The first kappa shape index (κ1) is 12.9. The molecule has 0 fully saturated rings. The Balaban J connectivity index is 2.21. The van der Waals surface area contributed by atoms with Gasteiger partial charge in [-0.15, -0.1) is 0 Å². The fourth-order valence-corrected chi connectivity index (χ4v) is 1.89. The lowest BCUT2D eigenvalue weighted by Crippen LogP contribution is -2.13. The Bertz CT molecular complexity index is 584. The fraction of sp³-hybridized carbons (Fsp3) is 0. The number of amides is 1. The van der Waals surface area contributed by atoms with Crippen molar-refractivity contribution in [1.82, 2.24) is 0 Å². The Morgan fingerprint density at radius 2 is 1.72 bits per heavy atom. The third-order valence-electron chi connectivity index (χ3n) is 2.28. The van der Waals surface area contributed by atoms with Crippen molar-refractivity contribution in [2.75, 3.05) is 5.32 Å². The van der Waals surface area contributed by atoms with Gasteiger partial charge in [-0.1, -0.05) is 0 Å². The molecule has 0 aliphatic heterocycles. The minimum absolute atomic E-state index is 0.0359. The van der Waals surface area contributed by atoms with Gasteiger partial charge in [-0.3, -0.25) is 4.79 Å². The van der Waals surface area contributed by atoms with Crippen LogP contribution in [0.1, 0.15) is 10.4 Å². The van der Waals surface area contributed by atoms with Crippen molar-refractivity contribution in [2.45, 2.75) is 0 Å². The van der Waals surface area contributed by atoms with E-state index in [-0.39, 0.29) is 5.56 Å². The average Bonchev–Trinajstić information content (AvgIpc) is 2.35. The van der Waals surface area contributed by atoms with Crippen molar-refractivity contribution in [3.63, 3.8) is 0 Å². The standard InChI is InChI=1S/C13H8F2INO/c14-8-1-4-10(5-2-8)17-13(18)11-7-9(16)3-6-12(11)15/h1-7H,(H,17,18). The van der Waals surface area contributed by atoms with Crippen LogP contribution in [0.4, 0.5) is 14.5 Å². The number of hydrogen-bond acceptors (Lipinski definition) is 1. The van der Waals surface area contributed by atoms with Gasteiger partial charge in [0.25, 0.3) is 5.91 Å². The Kier molecular flexibility index (Phi) is 3.90. The normalized spacial score (nSPS) is 10.2. The summed E-state index contributed by atoms with van der Waals surface area (Å²) in [6, 6.07) is 9.54. The average molecular weight is 359 g/mol. The molecular weight excluding hydrogens is 351 g/mol. The highest BCUT2D eigenvalue weighted by Gasteiger charge is 2.12. The van der Waals surface area contributed by atoms with Crippen molar-refractivity contribution in [1.29, 1.82) is 0 Å². The molecule has 0 unspecified atom stereocenters. The second kappa shape index (κ2) is 5.43. The highest BCUT2D eigenvalue weighted by molar-refractivity contribution is 14.1. The fourth-order valence-electron chi connectivity index (χ4n) is 1.40. The van der Waals surface area contributed by atoms with E-state index in [4.69, 9.17) is 0 Å². The van der Waals surface area contributed by atoms with Gasteiger partial charge in [0, 0.05) is 9.26 Å². The maximum atomic E-state index is 13.5. The lowest BCUT2D eigenvalue weighted by molar-refractivity contribution is 0.102. The monoisotopic (exact) mass is 359 g/mol. The molecule has 2 aromatic rings. The van der Waals surface area contributed by atoms with Crippen LogP contribution in [-0.2, 0) is 0 Å². The van der Waals surface area contributed by atoms with Crippen LogP contribution in [0.25, 0.3) is 0 Å². The van der Waals surface area contributed by atoms with E-state index in [1.807, 2.05) is 22.6 Å². The van der Waals surface area contributed by atoms with E-state index in [0.29, 0.717) is 5.69 Å². The number of hydrogen-bond donors (Lipinski definition) is 1. The summed E-state index contributed by atoms with van der Waals surface area (Å²) in [7, 11) is 0. The molecule has 18 heavy (non-hydrogen) atoms. The van der Waals surface area contributed by atoms with E-state index in [1.165, 1.54) is 36.4 Å². The topological polar surface area (TPSA) is 29.1 Å². The van der Waals surface area contributed by atoms with Gasteiger partial charge in [-0.25, -0.2) is 8.78 Å². The van der Waals surface area contributed by atoms with E-state index in [9.17, 15) is 13.6 Å². The molecule has 0 aliphatic carbocycles. The number of nitrogens with one attached hydrogen (secondary N) is 1. The molecule has 1 N–H and O–H groups in total. The van der Waals surface area contributed by atoms with Gasteiger partial charge < -0.3 is 5.32 Å². The molecule has 0 atom stereocenters. The molecule has 92 valence electrons. The van der Waals surface area contributed by atoms with Crippen LogP contribution >= 0.6 is 22.6 Å². The zero-order valence-electron chi connectivity index (χ0n) is 9.08. The minimum Gasteiger partial charge on any atom is -0.322 e. The first-order valence-corrected chi connectivity index (χ1v) is 6.16. The highest BCUT2D eigenvalue weighted by Crippen LogP contribution is 2.15. The summed E-state index contributed by atoms with van der Waals surface area (Å²) >= 11 is 1.99. The molecule has 0 spiro atoms. The molecule has 0 saturated heterocycles. The third kappa shape index (κ3) is 3.04. The molecule has 0 aromatic heterocycles. The first-order chi connectivity index (χ1) is 8.56. The number of carbonyl (C=O) groups is 1. The molecule has 0 aliphatic rings. The Labute approximate surface area is 116 Å². The molecule has 0 radical (unpaired) electrons. The molecule has 2 rings (SSSR count). The SMILES string of the molecule is O=C(Nc1ccc(F)cc1)c1cc(I)ccc1F. The predicted octanol–water partition coefficient (Wildman–Crippen LogP) is 3.82. The van der Waals surface area contributed by atoms with Crippen LogP contribution in [0.15, 0.2) is 42.5 Å². The van der Waals surface area contributed by atoms with Gasteiger partial charge in [0.1, 0.15) is 11.6 Å². The molecule has 5 heteroatoms. The minimum atomic E-state index is -0.588. The molecule has 0 bridgehead atoms. The number of carbonyl (C=O) groups excluding carboxylic acids is 1. The van der Waals surface area contributed by atoms with Gasteiger partial charge >= 0.3 is 0 Å². The summed E-state index contributed by atoms with van der Waals surface area (Å²) in [5.74, 6) is -1.54. The van der Waals surface area contributed by atoms with Crippen molar-refractivity contribution < 1.29 is 13.6 Å². The van der Waals surface area contributed by atoms with Gasteiger partial charge in [-0.05, 0) is 65.1 Å². The maximum absolute atomic E-state index is 13.5. The van der Waals surface area contributed by atoms with Gasteiger partial charge in [0.15, 0.2) is 0 Å². The molecule has 2 aromatic carbocycles. The zero-order chi connectivity index (χ0) is 13.1. The number of benzene rings is 2. The lowest BCUT2D eigenvalue weighted by atomic mass is 10.2. The Morgan fingerprint density at radius 3 is 2.39 bits per heavy atom. The van der Waals surface area contributed by atoms with E-state index in [2.05, 4.69) is 5.32 Å². The van der Waals surface area contributed by atoms with Crippen LogP contribution in [0.3, 0.4) is 0 Å². The van der Waals surface area contributed by atoms with Crippen LogP contribution in [-0.4, -0.2) is 5.91 Å². The maximum Gasteiger partial charge on any atom is 0.258 e. The molecule has 1 amide bonds. The molecule has 0 saturated carbocycles. The summed E-state index contributed by atoms with van der Waals surface area (Å²) < 4.78 is 26.9. The van der Waals surface area contributed by atoms with Crippen LogP contribution in [0.2, 0.25) is 0 Å². The van der Waals surface area contributed by atoms with Crippen molar-refractivity contribution in [3.8, 4) is 0 Å². The number of halogens is 3. The Hall–Kier alpha value is -1.50. The summed E-state index contributed by atoms with van der Waals surface area (Å²) in [4.78, 5) is 11.8. The van der Waals surface area contributed by atoms with Crippen LogP contribution in [0, 0.1) is 15.2 Å². The largest absolute Gasteiger partial charge is 0.322 e. The number of rotatable bonds is 2. The second-order valence-electron chi connectivity index (χ2n) is 3.59. The molecule has 0 heterocycles. The van der Waals surface area contributed by atoms with Gasteiger partial charge in [-0.2, -0.15) is 0 Å². The van der Waals surface area contributed by atoms with Gasteiger partial charge in [0.2, 0.25) is 0 Å². The summed E-state index contributed by atoms with van der Waals surface area (Å²) in [6.45, 7) is 0. The van der Waals surface area contributed by atoms with Crippen molar-refractivity contribution >= 4 is 34.2 Å². The second-order valence-corrected chi connectivity index (χ2v) is 4.83. The molecular formula is C13H8F2INO. The van der Waals surface area contributed by atoms with E-state index in [1.54, 1.807) is 6.07 Å². The number of anilines is 1. The zero-order valence-corrected chi connectivity index (χ0v) is 11.2.